The number of hydrogen-bond acceptors (Lipinski definition) is 6. The maximum absolute atomic E-state index is 13.1. The molecule has 1 amide bonds. The molecule has 172 valence electrons. The van der Waals surface area contributed by atoms with Gasteiger partial charge in [0.15, 0.2) is 0 Å². The van der Waals surface area contributed by atoms with E-state index in [1.165, 1.54) is 4.31 Å². The largest absolute Gasteiger partial charge is 0.376 e. The molecule has 8 nitrogen and oxygen atoms in total. The summed E-state index contributed by atoms with van der Waals surface area (Å²) in [6.45, 7) is 6.63. The van der Waals surface area contributed by atoms with E-state index in [0.717, 1.165) is 30.6 Å². The summed E-state index contributed by atoms with van der Waals surface area (Å²) in [5.41, 5.74) is 2.35. The molecule has 32 heavy (non-hydrogen) atoms. The number of nitrogens with zero attached hydrogens (tertiary/aromatic N) is 3. The first kappa shape index (κ1) is 22.7. The SMILES string of the molecule is Cc1cc(C)cc(S(=O)(=O)N2CCN(c3ncccc3C(=O)NC[C@H]3CCCO3)CC2)c1. The van der Waals surface area contributed by atoms with E-state index in [2.05, 4.69) is 10.3 Å². The maximum Gasteiger partial charge on any atom is 0.255 e. The molecule has 1 aromatic heterocycles. The van der Waals surface area contributed by atoms with E-state index in [9.17, 15) is 13.2 Å². The van der Waals surface area contributed by atoms with Gasteiger partial charge >= 0.3 is 0 Å². The van der Waals surface area contributed by atoms with Crippen LogP contribution in [0.3, 0.4) is 0 Å². The minimum absolute atomic E-state index is 0.0677. The molecule has 1 N–H and O–H groups in total. The minimum atomic E-state index is -3.56. The van der Waals surface area contributed by atoms with Gasteiger partial charge in [-0.05, 0) is 62.1 Å². The number of benzene rings is 1. The normalized spacial score (nSPS) is 19.8. The highest BCUT2D eigenvalue weighted by atomic mass is 32.2. The Morgan fingerprint density at radius 1 is 1.16 bits per heavy atom. The molecule has 0 radical (unpaired) electrons. The third-order valence-corrected chi connectivity index (χ3v) is 7.79. The number of rotatable bonds is 6. The minimum Gasteiger partial charge on any atom is -0.376 e. The van der Waals surface area contributed by atoms with Gasteiger partial charge in [-0.2, -0.15) is 4.31 Å². The topological polar surface area (TPSA) is 91.8 Å². The van der Waals surface area contributed by atoms with E-state index in [1.807, 2.05) is 24.8 Å². The van der Waals surface area contributed by atoms with E-state index in [4.69, 9.17) is 4.74 Å². The zero-order chi connectivity index (χ0) is 22.7. The number of carbonyl (C=O) groups is 1. The Morgan fingerprint density at radius 3 is 2.53 bits per heavy atom. The summed E-state index contributed by atoms with van der Waals surface area (Å²) in [6.07, 6.45) is 3.70. The first-order valence-corrected chi connectivity index (χ1v) is 12.5. The van der Waals surface area contributed by atoms with Gasteiger partial charge in [-0.1, -0.05) is 6.07 Å². The van der Waals surface area contributed by atoms with Crippen molar-refractivity contribution in [2.45, 2.75) is 37.7 Å². The average Bonchev–Trinajstić information content (AvgIpc) is 3.31. The fourth-order valence-electron chi connectivity index (χ4n) is 4.30. The van der Waals surface area contributed by atoms with E-state index in [-0.39, 0.29) is 12.0 Å². The fraction of sp³-hybridized carbons (Fsp3) is 0.478. The van der Waals surface area contributed by atoms with Crippen molar-refractivity contribution in [1.29, 1.82) is 0 Å². The number of aromatic nitrogens is 1. The van der Waals surface area contributed by atoms with Crippen LogP contribution >= 0.6 is 0 Å². The highest BCUT2D eigenvalue weighted by molar-refractivity contribution is 7.89. The first-order chi connectivity index (χ1) is 15.3. The summed E-state index contributed by atoms with van der Waals surface area (Å²) < 4.78 is 33.4. The van der Waals surface area contributed by atoms with Gasteiger partial charge in [0, 0.05) is 45.5 Å². The molecular weight excluding hydrogens is 428 g/mol. The number of nitrogens with one attached hydrogen (secondary N) is 1. The Balaban J connectivity index is 1.43. The third kappa shape index (κ3) is 4.95. The standard InChI is InChI=1S/C23H30N4O4S/c1-17-13-18(2)15-20(14-17)32(29,30)27-10-8-26(9-11-27)22-21(6-3-7-24-22)23(28)25-16-19-5-4-12-31-19/h3,6-7,13-15,19H,4-5,8-12,16H2,1-2H3,(H,25,28)/t19-/m1/s1. The lowest BCUT2D eigenvalue weighted by Crippen LogP contribution is -2.49. The van der Waals surface area contributed by atoms with Crippen LogP contribution in [-0.4, -0.2) is 69.0 Å². The molecule has 2 aliphatic heterocycles. The van der Waals surface area contributed by atoms with Gasteiger partial charge in [0.05, 0.1) is 16.6 Å². The molecule has 2 aliphatic rings. The molecule has 2 fully saturated rings. The van der Waals surface area contributed by atoms with Crippen LogP contribution in [0.15, 0.2) is 41.4 Å². The molecular formula is C23H30N4O4S. The number of sulfonamides is 1. The highest BCUT2D eigenvalue weighted by Crippen LogP contribution is 2.24. The van der Waals surface area contributed by atoms with E-state index in [1.54, 1.807) is 30.5 Å². The van der Waals surface area contributed by atoms with E-state index < -0.39 is 10.0 Å². The van der Waals surface area contributed by atoms with E-state index >= 15 is 0 Å². The summed E-state index contributed by atoms with van der Waals surface area (Å²) in [5.74, 6) is 0.398. The van der Waals surface area contributed by atoms with Crippen LogP contribution in [0, 0.1) is 13.8 Å². The molecule has 0 spiro atoms. The van der Waals surface area contributed by atoms with Crippen molar-refractivity contribution in [1.82, 2.24) is 14.6 Å². The molecule has 3 heterocycles. The van der Waals surface area contributed by atoms with Crippen LogP contribution < -0.4 is 10.2 Å². The van der Waals surface area contributed by atoms with Gasteiger partial charge < -0.3 is 15.0 Å². The quantitative estimate of drug-likeness (QED) is 0.713. The maximum atomic E-state index is 13.1. The molecule has 1 atom stereocenters. The second kappa shape index (κ2) is 9.56. The number of carbonyl (C=O) groups excluding carboxylic acids is 1. The van der Waals surface area contributed by atoms with Crippen LogP contribution in [0.2, 0.25) is 0 Å². The lowest BCUT2D eigenvalue weighted by atomic mass is 10.2. The predicted molar refractivity (Wildman–Crippen MR) is 122 cm³/mol. The number of pyridine rings is 1. The van der Waals surface area contributed by atoms with Crippen molar-refractivity contribution in [3.63, 3.8) is 0 Å². The zero-order valence-electron chi connectivity index (χ0n) is 18.6. The summed E-state index contributed by atoms with van der Waals surface area (Å²) >= 11 is 0. The van der Waals surface area contributed by atoms with Crippen molar-refractivity contribution in [2.24, 2.45) is 0 Å². The molecule has 0 aliphatic carbocycles. The summed E-state index contributed by atoms with van der Waals surface area (Å²) in [7, 11) is -3.56. The van der Waals surface area contributed by atoms with Gasteiger partial charge in [0.25, 0.3) is 5.91 Å². The molecule has 9 heteroatoms. The number of piperazine rings is 1. The van der Waals surface area contributed by atoms with Crippen molar-refractivity contribution < 1.29 is 17.9 Å². The summed E-state index contributed by atoms with van der Waals surface area (Å²) in [4.78, 5) is 19.5. The first-order valence-electron chi connectivity index (χ1n) is 11.0. The molecule has 1 aromatic carbocycles. The lowest BCUT2D eigenvalue weighted by molar-refractivity contribution is 0.0858. The number of hydrogen-bond donors (Lipinski definition) is 1. The lowest BCUT2D eigenvalue weighted by Gasteiger charge is -2.35. The summed E-state index contributed by atoms with van der Waals surface area (Å²) in [5, 5.41) is 2.95. The fourth-order valence-corrected chi connectivity index (χ4v) is 5.92. The molecule has 0 bridgehead atoms. The van der Waals surface area contributed by atoms with Gasteiger partial charge in [-0.25, -0.2) is 13.4 Å². The predicted octanol–water partition coefficient (Wildman–Crippen LogP) is 2.12. The highest BCUT2D eigenvalue weighted by Gasteiger charge is 2.30. The van der Waals surface area contributed by atoms with Gasteiger partial charge in [-0.3, -0.25) is 4.79 Å². The molecule has 2 aromatic rings. The van der Waals surface area contributed by atoms with Crippen LogP contribution in [0.4, 0.5) is 5.82 Å². The molecule has 4 rings (SSSR count). The van der Waals surface area contributed by atoms with Gasteiger partial charge in [0.1, 0.15) is 5.82 Å². The van der Waals surface area contributed by atoms with Gasteiger partial charge in [0.2, 0.25) is 10.0 Å². The van der Waals surface area contributed by atoms with Crippen LogP contribution in [0.5, 0.6) is 0 Å². The summed E-state index contributed by atoms with van der Waals surface area (Å²) in [6, 6.07) is 8.88. The van der Waals surface area contributed by atoms with Gasteiger partial charge in [-0.15, -0.1) is 0 Å². The van der Waals surface area contributed by atoms with Crippen molar-refractivity contribution >= 4 is 21.7 Å². The number of ether oxygens (including phenoxy) is 1. The Hall–Kier alpha value is -2.49. The molecule has 0 saturated carbocycles. The number of aryl methyl sites for hydroxylation is 2. The number of amides is 1. The Kier molecular flexibility index (Phi) is 6.78. The number of anilines is 1. The van der Waals surface area contributed by atoms with Crippen LogP contribution in [0.1, 0.15) is 34.3 Å². The monoisotopic (exact) mass is 458 g/mol. The van der Waals surface area contributed by atoms with Crippen LogP contribution in [-0.2, 0) is 14.8 Å². The Bertz CT molecular complexity index is 1050. The van der Waals surface area contributed by atoms with Crippen molar-refractivity contribution in [3.05, 3.63) is 53.2 Å². The molecule has 2 saturated heterocycles. The second-order valence-electron chi connectivity index (χ2n) is 8.43. The van der Waals surface area contributed by atoms with Crippen LogP contribution in [0.25, 0.3) is 0 Å². The van der Waals surface area contributed by atoms with Crippen molar-refractivity contribution in [2.75, 3.05) is 44.2 Å². The molecule has 0 unspecified atom stereocenters. The average molecular weight is 459 g/mol. The zero-order valence-corrected chi connectivity index (χ0v) is 19.4. The van der Waals surface area contributed by atoms with E-state index in [0.29, 0.717) is 49.0 Å². The third-order valence-electron chi connectivity index (χ3n) is 5.92. The second-order valence-corrected chi connectivity index (χ2v) is 10.4. The Labute approximate surface area is 189 Å². The van der Waals surface area contributed by atoms with Crippen molar-refractivity contribution in [3.8, 4) is 0 Å². The smallest absolute Gasteiger partial charge is 0.255 e. The Morgan fingerprint density at radius 2 is 1.88 bits per heavy atom.